The molecule has 2 N–H and O–H groups in total. The third-order valence-electron chi connectivity index (χ3n) is 2.75. The topological polar surface area (TPSA) is 24.1 Å². The van der Waals surface area contributed by atoms with Crippen molar-refractivity contribution in [3.63, 3.8) is 0 Å². The zero-order valence-corrected chi connectivity index (χ0v) is 8.94. The summed E-state index contributed by atoms with van der Waals surface area (Å²) in [5.41, 5.74) is -1.14. The van der Waals surface area contributed by atoms with E-state index in [9.17, 15) is 17.6 Å². The molecule has 0 spiro atoms. The van der Waals surface area contributed by atoms with Gasteiger partial charge >= 0.3 is 6.18 Å². The zero-order valence-electron chi connectivity index (χ0n) is 8.94. The lowest BCUT2D eigenvalue weighted by Crippen LogP contribution is -2.43. The smallest absolute Gasteiger partial charge is 0.314 e. The summed E-state index contributed by atoms with van der Waals surface area (Å²) in [5.74, 6) is -1.18. The highest BCUT2D eigenvalue weighted by Crippen LogP contribution is 2.33. The monoisotopic (exact) mass is 248 g/mol. The summed E-state index contributed by atoms with van der Waals surface area (Å²) in [7, 11) is 0. The summed E-state index contributed by atoms with van der Waals surface area (Å²) in [6.45, 7) is 1.77. The number of hydrogen-bond donors (Lipinski definition) is 2. The van der Waals surface area contributed by atoms with E-state index in [0.29, 0.717) is 13.1 Å². The minimum atomic E-state index is -4.65. The highest BCUT2D eigenvalue weighted by molar-refractivity contribution is 5.30. The van der Waals surface area contributed by atoms with Crippen LogP contribution in [-0.4, -0.2) is 19.6 Å². The molecule has 0 bridgehead atoms. The lowest BCUT2D eigenvalue weighted by Gasteiger charge is -2.26. The average Bonchev–Trinajstić information content (AvgIpc) is 2.29. The molecular formula is C11H12F4N2. The highest BCUT2D eigenvalue weighted by atomic mass is 19.4. The van der Waals surface area contributed by atoms with Crippen LogP contribution in [0.3, 0.4) is 0 Å². The lowest BCUT2D eigenvalue weighted by atomic mass is 10.0. The standard InChI is InChI=1S/C11H12F4N2/c12-10-7(9-6-16-4-5-17-9)2-1-3-8(10)11(13,14)15/h1-3,9,16-17H,4-6H2/t9-/m1/s1. The maximum atomic E-state index is 13.8. The second kappa shape index (κ2) is 4.62. The van der Waals surface area contributed by atoms with Crippen molar-refractivity contribution in [2.24, 2.45) is 0 Å². The molecule has 2 nitrogen and oxygen atoms in total. The molecule has 1 aliphatic heterocycles. The molecule has 1 fully saturated rings. The Balaban J connectivity index is 2.35. The average molecular weight is 248 g/mol. The number of alkyl halides is 3. The predicted molar refractivity (Wildman–Crippen MR) is 55.0 cm³/mol. The van der Waals surface area contributed by atoms with E-state index in [-0.39, 0.29) is 5.56 Å². The third-order valence-corrected chi connectivity index (χ3v) is 2.75. The SMILES string of the molecule is Fc1c([C@H]2CNCCN2)cccc1C(F)(F)F. The number of halogens is 4. The van der Waals surface area contributed by atoms with Crippen molar-refractivity contribution >= 4 is 0 Å². The Hall–Kier alpha value is -1.14. The molecular weight excluding hydrogens is 236 g/mol. The molecule has 0 saturated carbocycles. The van der Waals surface area contributed by atoms with Crippen LogP contribution in [0.1, 0.15) is 17.2 Å². The van der Waals surface area contributed by atoms with Gasteiger partial charge in [0.1, 0.15) is 5.82 Å². The van der Waals surface area contributed by atoms with Gasteiger partial charge in [-0.05, 0) is 6.07 Å². The van der Waals surface area contributed by atoms with Crippen LogP contribution in [0.4, 0.5) is 17.6 Å². The van der Waals surface area contributed by atoms with Crippen LogP contribution >= 0.6 is 0 Å². The molecule has 0 amide bonds. The van der Waals surface area contributed by atoms with Gasteiger partial charge < -0.3 is 10.6 Å². The molecule has 0 radical (unpaired) electrons. The minimum absolute atomic E-state index is 0.0621. The molecule has 1 aromatic carbocycles. The maximum absolute atomic E-state index is 13.8. The lowest BCUT2D eigenvalue weighted by molar-refractivity contribution is -0.140. The van der Waals surface area contributed by atoms with Crippen molar-refractivity contribution < 1.29 is 17.6 Å². The molecule has 1 aromatic rings. The second-order valence-corrected chi connectivity index (χ2v) is 3.92. The van der Waals surface area contributed by atoms with Gasteiger partial charge in [0.2, 0.25) is 0 Å². The maximum Gasteiger partial charge on any atom is 0.419 e. The van der Waals surface area contributed by atoms with Gasteiger partial charge in [-0.25, -0.2) is 4.39 Å². The van der Waals surface area contributed by atoms with Crippen molar-refractivity contribution in [1.82, 2.24) is 10.6 Å². The summed E-state index contributed by atoms with van der Waals surface area (Å²) in [6.07, 6.45) is -4.65. The van der Waals surface area contributed by atoms with E-state index in [0.717, 1.165) is 12.6 Å². The molecule has 2 rings (SSSR count). The molecule has 0 aliphatic carbocycles. The van der Waals surface area contributed by atoms with E-state index in [1.807, 2.05) is 0 Å². The summed E-state index contributed by atoms with van der Waals surface area (Å²) in [5, 5.41) is 5.99. The normalized spacial score (nSPS) is 21.5. The molecule has 1 saturated heterocycles. The molecule has 0 unspecified atom stereocenters. The van der Waals surface area contributed by atoms with Gasteiger partial charge in [-0.15, -0.1) is 0 Å². The van der Waals surface area contributed by atoms with E-state index >= 15 is 0 Å². The molecule has 94 valence electrons. The van der Waals surface area contributed by atoms with Crippen LogP contribution in [0.5, 0.6) is 0 Å². The van der Waals surface area contributed by atoms with E-state index in [1.165, 1.54) is 12.1 Å². The van der Waals surface area contributed by atoms with Gasteiger partial charge in [0.05, 0.1) is 5.56 Å². The van der Waals surface area contributed by atoms with Crippen LogP contribution < -0.4 is 10.6 Å². The minimum Gasteiger partial charge on any atom is -0.314 e. The van der Waals surface area contributed by atoms with Crippen molar-refractivity contribution in [3.05, 3.63) is 35.1 Å². The number of benzene rings is 1. The number of nitrogens with one attached hydrogen (secondary N) is 2. The Kier molecular flexibility index (Phi) is 3.35. The fraction of sp³-hybridized carbons (Fsp3) is 0.455. The van der Waals surface area contributed by atoms with Gasteiger partial charge in [-0.1, -0.05) is 12.1 Å². The fourth-order valence-electron chi connectivity index (χ4n) is 1.91. The van der Waals surface area contributed by atoms with Gasteiger partial charge in [-0.2, -0.15) is 13.2 Å². The number of rotatable bonds is 1. The molecule has 6 heteroatoms. The van der Waals surface area contributed by atoms with E-state index in [1.54, 1.807) is 0 Å². The Morgan fingerprint density at radius 2 is 1.94 bits per heavy atom. The predicted octanol–water partition coefficient (Wildman–Crippen LogP) is 2.08. The van der Waals surface area contributed by atoms with Gasteiger partial charge in [-0.3, -0.25) is 0 Å². The van der Waals surface area contributed by atoms with Gasteiger partial charge in [0.25, 0.3) is 0 Å². The van der Waals surface area contributed by atoms with Crippen molar-refractivity contribution in [2.75, 3.05) is 19.6 Å². The Morgan fingerprint density at radius 3 is 2.53 bits per heavy atom. The first-order valence-electron chi connectivity index (χ1n) is 5.30. The summed E-state index contributed by atoms with van der Waals surface area (Å²) in [4.78, 5) is 0. The molecule has 0 aromatic heterocycles. The molecule has 1 atom stereocenters. The van der Waals surface area contributed by atoms with Crippen LogP contribution in [0, 0.1) is 5.82 Å². The second-order valence-electron chi connectivity index (χ2n) is 3.92. The van der Waals surface area contributed by atoms with Crippen LogP contribution in [-0.2, 0) is 6.18 Å². The van der Waals surface area contributed by atoms with Crippen molar-refractivity contribution in [1.29, 1.82) is 0 Å². The summed E-state index contributed by atoms with van der Waals surface area (Å²) < 4.78 is 51.3. The molecule has 1 heterocycles. The summed E-state index contributed by atoms with van der Waals surface area (Å²) in [6, 6.07) is 2.97. The van der Waals surface area contributed by atoms with Crippen LogP contribution in [0.15, 0.2) is 18.2 Å². The highest BCUT2D eigenvalue weighted by Gasteiger charge is 2.35. The first-order chi connectivity index (χ1) is 8.00. The quantitative estimate of drug-likeness (QED) is 0.743. The van der Waals surface area contributed by atoms with E-state index < -0.39 is 23.6 Å². The number of hydrogen-bond acceptors (Lipinski definition) is 2. The Morgan fingerprint density at radius 1 is 1.18 bits per heavy atom. The Labute approximate surface area is 96.0 Å². The Bertz CT molecular complexity index is 397. The first kappa shape index (κ1) is 12.3. The summed E-state index contributed by atoms with van der Waals surface area (Å²) >= 11 is 0. The largest absolute Gasteiger partial charge is 0.419 e. The van der Waals surface area contributed by atoms with Crippen LogP contribution in [0.25, 0.3) is 0 Å². The molecule has 17 heavy (non-hydrogen) atoms. The van der Waals surface area contributed by atoms with E-state index in [2.05, 4.69) is 10.6 Å². The number of piperazine rings is 1. The molecule has 1 aliphatic rings. The third kappa shape index (κ3) is 2.58. The van der Waals surface area contributed by atoms with Gasteiger partial charge in [0.15, 0.2) is 0 Å². The van der Waals surface area contributed by atoms with Crippen molar-refractivity contribution in [2.45, 2.75) is 12.2 Å². The fourth-order valence-corrected chi connectivity index (χ4v) is 1.91. The van der Waals surface area contributed by atoms with Crippen molar-refractivity contribution in [3.8, 4) is 0 Å². The first-order valence-corrected chi connectivity index (χ1v) is 5.30. The van der Waals surface area contributed by atoms with Crippen LogP contribution in [0.2, 0.25) is 0 Å². The van der Waals surface area contributed by atoms with Gasteiger partial charge in [0, 0.05) is 31.2 Å². The zero-order chi connectivity index (χ0) is 12.5. The van der Waals surface area contributed by atoms with E-state index in [4.69, 9.17) is 0 Å².